The highest BCUT2D eigenvalue weighted by Gasteiger charge is 2.31. The lowest BCUT2D eigenvalue weighted by atomic mass is 10.2. The molecule has 0 aliphatic carbocycles. The summed E-state index contributed by atoms with van der Waals surface area (Å²) < 4.78 is 26.9. The van der Waals surface area contributed by atoms with Crippen molar-refractivity contribution in [2.24, 2.45) is 0 Å². The van der Waals surface area contributed by atoms with Crippen LogP contribution in [0.1, 0.15) is 92.9 Å². The molecule has 0 aromatic carbocycles. The van der Waals surface area contributed by atoms with Crippen molar-refractivity contribution in [3.05, 3.63) is 0 Å². The molecule has 0 heterocycles. The Labute approximate surface area is 210 Å². The first-order valence-corrected chi connectivity index (χ1v) is 16.5. The highest BCUT2D eigenvalue weighted by molar-refractivity contribution is 8.14. The number of hydrogen-bond donors (Lipinski definition) is 2. The summed E-state index contributed by atoms with van der Waals surface area (Å²) in [5.41, 5.74) is 0. The van der Waals surface area contributed by atoms with E-state index in [1.165, 1.54) is 0 Å². The van der Waals surface area contributed by atoms with Crippen molar-refractivity contribution < 1.29 is 42.2 Å². The topological polar surface area (TPSA) is 121 Å². The summed E-state index contributed by atoms with van der Waals surface area (Å²) >= 11 is 10.4. The minimum atomic E-state index is -2.87. The third-order valence-electron chi connectivity index (χ3n) is 3.34. The number of aliphatic carboxylic acids is 2. The molecule has 0 rings (SSSR count). The maximum atomic E-state index is 9.87. The van der Waals surface area contributed by atoms with Gasteiger partial charge < -0.3 is 28.3 Å². The third-order valence-corrected chi connectivity index (χ3v) is 9.70. The SMILES string of the molecule is CCCCCC(=O)O.CCCCCC(=O)O.CCOP(=S)(OCC)OP(=S)(OCC)OCC. The van der Waals surface area contributed by atoms with Gasteiger partial charge in [-0.3, -0.25) is 9.59 Å². The van der Waals surface area contributed by atoms with E-state index >= 15 is 0 Å². The molecule has 0 aromatic heterocycles. The molecule has 0 aliphatic rings. The molecule has 0 saturated carbocycles. The lowest BCUT2D eigenvalue weighted by Crippen LogP contribution is -2.03. The monoisotopic (exact) mass is 554 g/mol. The maximum Gasteiger partial charge on any atom is 0.334 e. The Morgan fingerprint density at radius 2 is 0.879 bits per heavy atom. The van der Waals surface area contributed by atoms with E-state index < -0.39 is 25.4 Å². The molecule has 200 valence electrons. The molecular formula is C20H44O9P2S2. The minimum absolute atomic E-state index is 0.327. The van der Waals surface area contributed by atoms with Gasteiger partial charge in [-0.05, 0) is 64.2 Å². The zero-order valence-electron chi connectivity index (χ0n) is 20.9. The van der Waals surface area contributed by atoms with Crippen molar-refractivity contribution in [3.63, 3.8) is 0 Å². The Balaban J connectivity index is -0.000000468. The van der Waals surface area contributed by atoms with Crippen LogP contribution in [0.4, 0.5) is 0 Å². The number of rotatable bonds is 18. The molecule has 0 amide bonds. The Morgan fingerprint density at radius 3 is 1.06 bits per heavy atom. The Bertz CT molecular complexity index is 510. The molecule has 9 nitrogen and oxygen atoms in total. The summed E-state index contributed by atoms with van der Waals surface area (Å²) in [6.07, 6.45) is 6.55. The van der Waals surface area contributed by atoms with Crippen LogP contribution in [0.25, 0.3) is 0 Å². The van der Waals surface area contributed by atoms with Crippen LogP contribution in [0, 0.1) is 0 Å². The third kappa shape index (κ3) is 28.2. The van der Waals surface area contributed by atoms with Crippen LogP contribution < -0.4 is 0 Å². The number of unbranched alkanes of at least 4 members (excludes halogenated alkanes) is 4. The summed E-state index contributed by atoms with van der Waals surface area (Å²) in [6.45, 7) is 7.20. The molecule has 2 N–H and O–H groups in total. The maximum absolute atomic E-state index is 9.87. The van der Waals surface area contributed by atoms with Gasteiger partial charge in [0.2, 0.25) is 0 Å². The zero-order chi connectivity index (χ0) is 26.2. The Hall–Kier alpha value is 0.0400. The van der Waals surface area contributed by atoms with Crippen molar-refractivity contribution in [2.45, 2.75) is 92.9 Å². The quantitative estimate of drug-likeness (QED) is 0.136. The van der Waals surface area contributed by atoms with Crippen LogP contribution in [0.2, 0.25) is 0 Å². The second kappa shape index (κ2) is 25.1. The van der Waals surface area contributed by atoms with Crippen molar-refractivity contribution >= 4 is 49.0 Å². The van der Waals surface area contributed by atoms with E-state index in [0.29, 0.717) is 39.3 Å². The second-order valence-corrected chi connectivity index (χ2v) is 12.5. The predicted molar refractivity (Wildman–Crippen MR) is 140 cm³/mol. The molecule has 0 fully saturated rings. The van der Waals surface area contributed by atoms with Crippen LogP contribution >= 0.6 is 13.4 Å². The summed E-state index contributed by atoms with van der Waals surface area (Å²) in [5.74, 6) is -1.36. The standard InChI is InChI=1S/C8H20O5P2S2.2C6H12O2/c1-5-9-14(16,10-6-2)13-15(17,11-7-3)12-8-4;2*1-2-3-4-5-6(7)8/h5-8H2,1-4H3;2*2-5H2,1H3,(H,7,8). The average Bonchev–Trinajstić information content (AvgIpc) is 2.69. The average molecular weight is 555 g/mol. The fourth-order valence-corrected chi connectivity index (χ4v) is 8.35. The van der Waals surface area contributed by atoms with Gasteiger partial charge in [0.1, 0.15) is 0 Å². The number of carboxylic acid groups (broad SMARTS) is 2. The van der Waals surface area contributed by atoms with E-state index in [-0.39, 0.29) is 0 Å². The minimum Gasteiger partial charge on any atom is -0.481 e. The zero-order valence-corrected chi connectivity index (χ0v) is 24.4. The summed E-state index contributed by atoms with van der Waals surface area (Å²) in [7, 11) is 0. The van der Waals surface area contributed by atoms with E-state index in [1.54, 1.807) is 0 Å². The first-order chi connectivity index (χ1) is 15.5. The van der Waals surface area contributed by atoms with E-state index in [2.05, 4.69) is 13.8 Å². The van der Waals surface area contributed by atoms with Gasteiger partial charge in [0.25, 0.3) is 0 Å². The molecule has 0 spiro atoms. The van der Waals surface area contributed by atoms with Crippen LogP contribution in [0.15, 0.2) is 0 Å². The molecular weight excluding hydrogens is 510 g/mol. The molecule has 33 heavy (non-hydrogen) atoms. The molecule has 0 radical (unpaired) electrons. The van der Waals surface area contributed by atoms with E-state index in [4.69, 9.17) is 56.2 Å². The largest absolute Gasteiger partial charge is 0.481 e. The van der Waals surface area contributed by atoms with Crippen LogP contribution in [0.3, 0.4) is 0 Å². The van der Waals surface area contributed by atoms with E-state index in [1.807, 2.05) is 27.7 Å². The summed E-state index contributed by atoms with van der Waals surface area (Å²) in [4.78, 5) is 19.7. The number of hydrogen-bond acceptors (Lipinski definition) is 9. The predicted octanol–water partition coefficient (Wildman–Crippen LogP) is 6.90. The number of carbonyl (C=O) groups is 2. The molecule has 0 atom stereocenters. The van der Waals surface area contributed by atoms with Crippen LogP contribution in [-0.2, 0) is 55.6 Å². The van der Waals surface area contributed by atoms with Crippen LogP contribution in [-0.4, -0.2) is 48.6 Å². The van der Waals surface area contributed by atoms with Gasteiger partial charge in [-0.1, -0.05) is 39.5 Å². The fraction of sp³-hybridized carbons (Fsp3) is 0.900. The highest BCUT2D eigenvalue weighted by Crippen LogP contribution is 2.66. The molecule has 0 saturated heterocycles. The van der Waals surface area contributed by atoms with Gasteiger partial charge in [0.15, 0.2) is 0 Å². The smallest absolute Gasteiger partial charge is 0.334 e. The summed E-state index contributed by atoms with van der Waals surface area (Å²) in [6, 6.07) is 0. The van der Waals surface area contributed by atoms with Crippen molar-refractivity contribution in [3.8, 4) is 0 Å². The molecule has 0 unspecified atom stereocenters. The Kier molecular flexibility index (Phi) is 28.6. The van der Waals surface area contributed by atoms with Gasteiger partial charge >= 0.3 is 25.4 Å². The molecule has 0 aromatic rings. The van der Waals surface area contributed by atoms with E-state index in [9.17, 15) is 9.59 Å². The second-order valence-electron chi connectivity index (χ2n) is 6.35. The molecule has 0 aliphatic heterocycles. The molecule has 0 bridgehead atoms. The van der Waals surface area contributed by atoms with Gasteiger partial charge in [-0.25, -0.2) is 4.31 Å². The van der Waals surface area contributed by atoms with Gasteiger partial charge in [0, 0.05) is 12.8 Å². The lowest BCUT2D eigenvalue weighted by molar-refractivity contribution is -0.138. The summed E-state index contributed by atoms with van der Waals surface area (Å²) in [5, 5.41) is 16.3. The normalized spacial score (nSPS) is 11.1. The Morgan fingerprint density at radius 1 is 0.606 bits per heavy atom. The fourth-order valence-electron chi connectivity index (χ4n) is 1.98. The lowest BCUT2D eigenvalue weighted by Gasteiger charge is -2.27. The molecule has 13 heteroatoms. The van der Waals surface area contributed by atoms with Crippen molar-refractivity contribution in [1.82, 2.24) is 0 Å². The first-order valence-electron chi connectivity index (χ1n) is 11.4. The van der Waals surface area contributed by atoms with E-state index in [0.717, 1.165) is 38.5 Å². The van der Waals surface area contributed by atoms with Crippen LogP contribution in [0.5, 0.6) is 0 Å². The van der Waals surface area contributed by atoms with Gasteiger partial charge in [0.05, 0.1) is 26.4 Å². The first kappa shape index (κ1) is 37.6. The highest BCUT2D eigenvalue weighted by atomic mass is 32.5. The van der Waals surface area contributed by atoms with Crippen molar-refractivity contribution in [2.75, 3.05) is 26.4 Å². The van der Waals surface area contributed by atoms with Crippen molar-refractivity contribution in [1.29, 1.82) is 0 Å². The number of carboxylic acids is 2. The van der Waals surface area contributed by atoms with Gasteiger partial charge in [-0.15, -0.1) is 0 Å². The van der Waals surface area contributed by atoms with Gasteiger partial charge in [-0.2, -0.15) is 0 Å².